The zero-order chi connectivity index (χ0) is 19.5. The molecular weight excluding hydrogens is 375 g/mol. The van der Waals surface area contributed by atoms with Crippen molar-refractivity contribution in [1.29, 1.82) is 0 Å². The number of benzene rings is 1. The fourth-order valence-corrected chi connectivity index (χ4v) is 2.47. The van der Waals surface area contributed by atoms with E-state index in [9.17, 15) is 22.8 Å². The van der Waals surface area contributed by atoms with E-state index in [1.165, 1.54) is 30.5 Å². The molecule has 1 aliphatic rings. The Morgan fingerprint density at radius 3 is 2.27 bits per heavy atom. The van der Waals surface area contributed by atoms with Gasteiger partial charge in [0.25, 0.3) is 0 Å². The van der Waals surface area contributed by atoms with Crippen LogP contribution in [0, 0.1) is 0 Å². The molecule has 1 heterocycles. The number of halogens is 4. The maximum absolute atomic E-state index is 13.1. The first kappa shape index (κ1) is 19.6. The molecule has 1 aliphatic heterocycles. The lowest BCUT2D eigenvalue weighted by Crippen LogP contribution is -2.27. The van der Waals surface area contributed by atoms with Gasteiger partial charge in [0.1, 0.15) is 5.70 Å². The van der Waals surface area contributed by atoms with E-state index >= 15 is 0 Å². The summed E-state index contributed by atoms with van der Waals surface area (Å²) in [5.74, 6) is -1.79. The summed E-state index contributed by atoms with van der Waals surface area (Å²) in [6, 6.07) is 2.79. The number of carbonyl (C=O) groups is 2. The quantitative estimate of drug-likeness (QED) is 0.737. The van der Waals surface area contributed by atoms with Gasteiger partial charge < -0.3 is 14.4 Å². The van der Waals surface area contributed by atoms with Crippen LogP contribution in [0.15, 0.2) is 53.9 Å². The van der Waals surface area contributed by atoms with Crippen molar-refractivity contribution in [2.24, 2.45) is 0 Å². The van der Waals surface area contributed by atoms with Crippen molar-refractivity contribution in [3.63, 3.8) is 0 Å². The molecule has 9 heteroatoms. The molecule has 0 bridgehead atoms. The topological polar surface area (TPSA) is 55.8 Å². The molecule has 0 radical (unpaired) electrons. The molecule has 2 rings (SSSR count). The molecule has 0 saturated carbocycles. The first-order valence-electron chi connectivity index (χ1n) is 7.12. The van der Waals surface area contributed by atoms with Crippen LogP contribution in [0.5, 0.6) is 0 Å². The highest BCUT2D eigenvalue weighted by Crippen LogP contribution is 2.36. The predicted octanol–water partition coefficient (Wildman–Crippen LogP) is 3.85. The first-order valence-corrected chi connectivity index (χ1v) is 7.49. The SMILES string of the molecule is COC(=O)C1=C(C(=O)OC)N(c2cc(Cl)cc(C(F)(F)F)c2)C=CC=C1. The molecule has 1 aromatic rings. The number of alkyl halides is 3. The highest BCUT2D eigenvalue weighted by atomic mass is 35.5. The Kier molecular flexibility index (Phi) is 5.76. The minimum atomic E-state index is -4.65. The highest BCUT2D eigenvalue weighted by Gasteiger charge is 2.33. The third-order valence-corrected chi connectivity index (χ3v) is 3.60. The molecule has 0 saturated heterocycles. The standard InChI is InChI=1S/C17H13ClF3NO4/c1-25-15(23)13-5-3-4-6-22(14(13)16(24)26-2)12-8-10(17(19,20)21)7-11(18)9-12/h3-9H,1-2H3. The predicted molar refractivity (Wildman–Crippen MR) is 88.3 cm³/mol. The second-order valence-electron chi connectivity index (χ2n) is 5.01. The Balaban J connectivity index is 2.71. The van der Waals surface area contributed by atoms with Gasteiger partial charge >= 0.3 is 18.1 Å². The van der Waals surface area contributed by atoms with Crippen LogP contribution in [0.1, 0.15) is 5.56 Å². The van der Waals surface area contributed by atoms with Crippen LogP contribution in [-0.4, -0.2) is 26.2 Å². The highest BCUT2D eigenvalue weighted by molar-refractivity contribution is 6.31. The molecule has 0 atom stereocenters. The Hall–Kier alpha value is -2.74. The van der Waals surface area contributed by atoms with Crippen molar-refractivity contribution in [2.45, 2.75) is 6.18 Å². The van der Waals surface area contributed by atoms with Crippen LogP contribution < -0.4 is 4.90 Å². The van der Waals surface area contributed by atoms with E-state index in [2.05, 4.69) is 9.47 Å². The Labute approximate surface area is 151 Å². The van der Waals surface area contributed by atoms with Gasteiger partial charge in [0, 0.05) is 16.9 Å². The van der Waals surface area contributed by atoms with Crippen LogP contribution in [-0.2, 0) is 25.2 Å². The van der Waals surface area contributed by atoms with Crippen LogP contribution in [0.2, 0.25) is 5.02 Å². The monoisotopic (exact) mass is 387 g/mol. The van der Waals surface area contributed by atoms with Crippen LogP contribution in [0.3, 0.4) is 0 Å². The molecule has 5 nitrogen and oxygen atoms in total. The zero-order valence-corrected chi connectivity index (χ0v) is 14.4. The van der Waals surface area contributed by atoms with Crippen molar-refractivity contribution < 1.29 is 32.2 Å². The Morgan fingerprint density at radius 1 is 1.04 bits per heavy atom. The molecule has 0 amide bonds. The number of anilines is 1. The summed E-state index contributed by atoms with van der Waals surface area (Å²) in [5.41, 5.74) is -1.57. The van der Waals surface area contributed by atoms with Gasteiger partial charge in [-0.25, -0.2) is 9.59 Å². The third-order valence-electron chi connectivity index (χ3n) is 3.38. The lowest BCUT2D eigenvalue weighted by molar-refractivity contribution is -0.139. The first-order chi connectivity index (χ1) is 12.2. The maximum atomic E-state index is 13.1. The Morgan fingerprint density at radius 2 is 1.69 bits per heavy atom. The number of esters is 2. The molecule has 138 valence electrons. The van der Waals surface area contributed by atoms with E-state index in [1.54, 1.807) is 0 Å². The van der Waals surface area contributed by atoms with E-state index in [0.717, 1.165) is 31.3 Å². The van der Waals surface area contributed by atoms with E-state index in [-0.39, 0.29) is 22.0 Å². The number of methoxy groups -OCH3 is 2. The summed E-state index contributed by atoms with van der Waals surface area (Å²) in [7, 11) is 2.20. The van der Waals surface area contributed by atoms with E-state index < -0.39 is 23.7 Å². The fraction of sp³-hybridized carbons (Fsp3) is 0.176. The molecule has 0 N–H and O–H groups in total. The van der Waals surface area contributed by atoms with Gasteiger partial charge in [0.05, 0.1) is 25.4 Å². The average molecular weight is 388 g/mol. The minimum Gasteiger partial charge on any atom is -0.465 e. The summed E-state index contributed by atoms with van der Waals surface area (Å²) < 4.78 is 48.6. The smallest absolute Gasteiger partial charge is 0.416 e. The molecule has 26 heavy (non-hydrogen) atoms. The number of nitrogens with zero attached hydrogens (tertiary/aromatic N) is 1. The van der Waals surface area contributed by atoms with Gasteiger partial charge in [0.2, 0.25) is 0 Å². The largest absolute Gasteiger partial charge is 0.465 e. The van der Waals surface area contributed by atoms with Crippen LogP contribution in [0.25, 0.3) is 0 Å². The number of carbonyl (C=O) groups excluding carboxylic acids is 2. The lowest BCUT2D eigenvalue weighted by Gasteiger charge is -2.24. The zero-order valence-electron chi connectivity index (χ0n) is 13.6. The summed E-state index contributed by atoms with van der Waals surface area (Å²) in [4.78, 5) is 25.4. The van der Waals surface area contributed by atoms with E-state index in [4.69, 9.17) is 11.6 Å². The summed E-state index contributed by atoms with van der Waals surface area (Å²) in [5, 5.41) is -0.190. The van der Waals surface area contributed by atoms with Gasteiger partial charge in [-0.05, 0) is 30.4 Å². The molecule has 0 unspecified atom stereocenters. The van der Waals surface area contributed by atoms with Gasteiger partial charge in [0.15, 0.2) is 0 Å². The van der Waals surface area contributed by atoms with Crippen molar-refractivity contribution in [3.05, 3.63) is 64.5 Å². The molecule has 1 aromatic carbocycles. The summed E-state index contributed by atoms with van der Waals surface area (Å²) in [6.07, 6.45) is 0.833. The number of allylic oxidation sites excluding steroid dienone is 2. The second kappa shape index (κ2) is 7.65. The van der Waals surface area contributed by atoms with Crippen molar-refractivity contribution in [1.82, 2.24) is 0 Å². The van der Waals surface area contributed by atoms with Crippen molar-refractivity contribution in [3.8, 4) is 0 Å². The Bertz CT molecular complexity index is 828. The van der Waals surface area contributed by atoms with Crippen molar-refractivity contribution in [2.75, 3.05) is 19.1 Å². The van der Waals surface area contributed by atoms with E-state index in [1.807, 2.05) is 0 Å². The number of hydrogen-bond donors (Lipinski definition) is 0. The molecule has 0 spiro atoms. The van der Waals surface area contributed by atoms with Gasteiger partial charge in [-0.1, -0.05) is 17.7 Å². The molecule has 0 aromatic heterocycles. The third kappa shape index (κ3) is 4.08. The maximum Gasteiger partial charge on any atom is 0.416 e. The molecular formula is C17H13ClF3NO4. The molecule has 0 aliphatic carbocycles. The average Bonchev–Trinajstić information content (AvgIpc) is 2.82. The van der Waals surface area contributed by atoms with Gasteiger partial charge in [-0.15, -0.1) is 0 Å². The fourth-order valence-electron chi connectivity index (χ4n) is 2.24. The summed E-state index contributed by atoms with van der Waals surface area (Å²) >= 11 is 5.81. The minimum absolute atomic E-state index is 0.0772. The second-order valence-corrected chi connectivity index (χ2v) is 5.45. The summed E-state index contributed by atoms with van der Waals surface area (Å²) in [6.45, 7) is 0. The lowest BCUT2D eigenvalue weighted by atomic mass is 10.1. The van der Waals surface area contributed by atoms with Crippen LogP contribution in [0.4, 0.5) is 18.9 Å². The number of rotatable bonds is 3. The normalized spacial score (nSPS) is 14.3. The number of ether oxygens (including phenoxy) is 2. The van der Waals surface area contributed by atoms with Gasteiger partial charge in [-0.3, -0.25) is 0 Å². The van der Waals surface area contributed by atoms with Crippen molar-refractivity contribution >= 4 is 29.2 Å². The van der Waals surface area contributed by atoms with E-state index in [0.29, 0.717) is 0 Å². The molecule has 0 fully saturated rings. The van der Waals surface area contributed by atoms with Crippen LogP contribution >= 0.6 is 11.6 Å². The van der Waals surface area contributed by atoms with Gasteiger partial charge in [-0.2, -0.15) is 13.2 Å². The number of hydrogen-bond acceptors (Lipinski definition) is 5.